The van der Waals surface area contributed by atoms with Gasteiger partial charge in [-0.2, -0.15) is 0 Å². The first-order valence-corrected chi connectivity index (χ1v) is 6.89. The number of primary amides is 1. The standard InChI is InChI=1S/C15H24N2O3/c1-11(2)9-12-3-5-13(6-4-12)14(18)10-17-7-8-20-15(16)19/h3-6,11,14,17-18H,7-10H2,1-2H3,(H2,16,19). The van der Waals surface area contributed by atoms with Crippen molar-refractivity contribution in [2.24, 2.45) is 11.7 Å². The Bertz CT molecular complexity index is 404. The summed E-state index contributed by atoms with van der Waals surface area (Å²) in [5.41, 5.74) is 6.99. The van der Waals surface area contributed by atoms with Crippen molar-refractivity contribution in [3.8, 4) is 0 Å². The Labute approximate surface area is 120 Å². The van der Waals surface area contributed by atoms with Crippen molar-refractivity contribution in [3.63, 3.8) is 0 Å². The number of carbonyl (C=O) groups is 1. The molecule has 0 aromatic heterocycles. The zero-order valence-corrected chi connectivity index (χ0v) is 12.1. The van der Waals surface area contributed by atoms with Crippen molar-refractivity contribution < 1.29 is 14.6 Å². The Balaban J connectivity index is 2.32. The second-order valence-electron chi connectivity index (χ2n) is 5.23. The highest BCUT2D eigenvalue weighted by molar-refractivity contribution is 5.64. The van der Waals surface area contributed by atoms with Crippen LogP contribution in [0.25, 0.3) is 0 Å². The van der Waals surface area contributed by atoms with E-state index in [1.165, 1.54) is 5.56 Å². The van der Waals surface area contributed by atoms with Gasteiger partial charge in [0, 0.05) is 13.1 Å². The van der Waals surface area contributed by atoms with E-state index >= 15 is 0 Å². The average molecular weight is 280 g/mol. The molecule has 0 fully saturated rings. The lowest BCUT2D eigenvalue weighted by Crippen LogP contribution is -2.27. The van der Waals surface area contributed by atoms with Crippen LogP contribution in [0.2, 0.25) is 0 Å². The van der Waals surface area contributed by atoms with Crippen LogP contribution < -0.4 is 11.1 Å². The first-order valence-electron chi connectivity index (χ1n) is 6.89. The summed E-state index contributed by atoms with van der Waals surface area (Å²) in [5.74, 6) is 0.623. The van der Waals surface area contributed by atoms with Crippen molar-refractivity contribution in [3.05, 3.63) is 35.4 Å². The largest absolute Gasteiger partial charge is 0.448 e. The molecule has 0 bridgehead atoms. The second kappa shape index (κ2) is 8.55. The SMILES string of the molecule is CC(C)Cc1ccc(C(O)CNCCOC(N)=O)cc1. The molecule has 1 amide bonds. The van der Waals surface area contributed by atoms with Crippen LogP contribution in [0.15, 0.2) is 24.3 Å². The summed E-state index contributed by atoms with van der Waals surface area (Å²) in [5, 5.41) is 13.0. The molecule has 1 aromatic carbocycles. The molecule has 0 heterocycles. The molecular formula is C15H24N2O3. The van der Waals surface area contributed by atoms with Gasteiger partial charge in [0.1, 0.15) is 6.61 Å². The number of aliphatic hydroxyl groups excluding tert-OH is 1. The molecule has 1 unspecified atom stereocenters. The van der Waals surface area contributed by atoms with Gasteiger partial charge in [-0.3, -0.25) is 0 Å². The third-order valence-corrected chi connectivity index (χ3v) is 2.87. The molecule has 0 aliphatic heterocycles. The molecule has 1 aromatic rings. The van der Waals surface area contributed by atoms with Gasteiger partial charge >= 0.3 is 6.09 Å². The molecule has 0 saturated heterocycles. The normalized spacial score (nSPS) is 12.4. The molecule has 5 heteroatoms. The number of ether oxygens (including phenoxy) is 1. The number of hydrogen-bond acceptors (Lipinski definition) is 4. The smallest absolute Gasteiger partial charge is 0.404 e. The van der Waals surface area contributed by atoms with Gasteiger partial charge in [-0.1, -0.05) is 38.1 Å². The quantitative estimate of drug-likeness (QED) is 0.632. The van der Waals surface area contributed by atoms with E-state index in [2.05, 4.69) is 36.0 Å². The summed E-state index contributed by atoms with van der Waals surface area (Å²) >= 11 is 0. The van der Waals surface area contributed by atoms with Crippen LogP contribution in [0.4, 0.5) is 4.79 Å². The number of carbonyl (C=O) groups excluding carboxylic acids is 1. The van der Waals surface area contributed by atoms with Gasteiger partial charge in [-0.05, 0) is 23.5 Å². The Kier molecular flexibility index (Phi) is 7.04. The average Bonchev–Trinajstić information content (AvgIpc) is 2.38. The van der Waals surface area contributed by atoms with Crippen LogP contribution in [-0.2, 0) is 11.2 Å². The summed E-state index contributed by atoms with van der Waals surface area (Å²) in [4.78, 5) is 10.3. The fourth-order valence-electron chi connectivity index (χ4n) is 1.93. The van der Waals surface area contributed by atoms with Crippen molar-refractivity contribution in [2.75, 3.05) is 19.7 Å². The molecule has 0 aliphatic rings. The molecule has 1 rings (SSSR count). The number of nitrogens with two attached hydrogens (primary N) is 1. The van der Waals surface area contributed by atoms with Crippen LogP contribution in [0.5, 0.6) is 0 Å². The summed E-state index contributed by atoms with van der Waals surface area (Å²) < 4.78 is 4.58. The van der Waals surface area contributed by atoms with E-state index in [1.54, 1.807) is 0 Å². The Hall–Kier alpha value is -1.59. The minimum Gasteiger partial charge on any atom is -0.448 e. The van der Waals surface area contributed by atoms with Crippen molar-refractivity contribution in [2.45, 2.75) is 26.4 Å². The third-order valence-electron chi connectivity index (χ3n) is 2.87. The highest BCUT2D eigenvalue weighted by Crippen LogP contribution is 2.15. The van der Waals surface area contributed by atoms with E-state index in [-0.39, 0.29) is 6.61 Å². The second-order valence-corrected chi connectivity index (χ2v) is 5.23. The maximum atomic E-state index is 10.3. The van der Waals surface area contributed by atoms with E-state index in [1.807, 2.05) is 12.1 Å². The predicted octanol–water partition coefficient (Wildman–Crippen LogP) is 1.60. The number of rotatable bonds is 8. The van der Waals surface area contributed by atoms with Crippen LogP contribution in [-0.4, -0.2) is 30.9 Å². The Morgan fingerprint density at radius 1 is 1.35 bits per heavy atom. The van der Waals surface area contributed by atoms with Gasteiger partial charge in [-0.15, -0.1) is 0 Å². The van der Waals surface area contributed by atoms with Gasteiger partial charge in [0.2, 0.25) is 0 Å². The molecule has 0 radical (unpaired) electrons. The number of aliphatic hydroxyl groups is 1. The molecule has 1 atom stereocenters. The summed E-state index contributed by atoms with van der Waals surface area (Å²) in [6.07, 6.45) is -0.316. The lowest BCUT2D eigenvalue weighted by atomic mass is 10.0. The zero-order valence-electron chi connectivity index (χ0n) is 12.1. The van der Waals surface area contributed by atoms with Crippen LogP contribution in [0.1, 0.15) is 31.1 Å². The van der Waals surface area contributed by atoms with E-state index in [0.29, 0.717) is 19.0 Å². The van der Waals surface area contributed by atoms with Gasteiger partial charge in [-0.25, -0.2) is 4.79 Å². The summed E-state index contributed by atoms with van der Waals surface area (Å²) in [6.45, 7) is 5.44. The maximum Gasteiger partial charge on any atom is 0.404 e. The number of nitrogens with one attached hydrogen (secondary N) is 1. The van der Waals surface area contributed by atoms with E-state index < -0.39 is 12.2 Å². The monoisotopic (exact) mass is 280 g/mol. The van der Waals surface area contributed by atoms with E-state index in [9.17, 15) is 9.90 Å². The summed E-state index contributed by atoms with van der Waals surface area (Å²) in [6, 6.07) is 8.00. The molecule has 112 valence electrons. The van der Waals surface area contributed by atoms with Gasteiger partial charge in [0.25, 0.3) is 0 Å². The first kappa shape index (κ1) is 16.5. The molecule has 0 spiro atoms. The molecule has 20 heavy (non-hydrogen) atoms. The topological polar surface area (TPSA) is 84.6 Å². The molecule has 0 saturated carbocycles. The van der Waals surface area contributed by atoms with E-state index in [0.717, 1.165) is 12.0 Å². The lowest BCUT2D eigenvalue weighted by Gasteiger charge is -2.13. The first-order chi connectivity index (χ1) is 9.49. The third kappa shape index (κ3) is 6.54. The molecule has 5 nitrogen and oxygen atoms in total. The molecule has 4 N–H and O–H groups in total. The Morgan fingerprint density at radius 3 is 2.55 bits per heavy atom. The number of amides is 1. The van der Waals surface area contributed by atoms with Crippen LogP contribution in [0, 0.1) is 5.92 Å². The summed E-state index contributed by atoms with van der Waals surface area (Å²) in [7, 11) is 0. The highest BCUT2D eigenvalue weighted by atomic mass is 16.5. The minimum atomic E-state index is -0.784. The molecule has 0 aliphatic carbocycles. The van der Waals surface area contributed by atoms with E-state index in [4.69, 9.17) is 5.73 Å². The molecular weight excluding hydrogens is 256 g/mol. The Morgan fingerprint density at radius 2 is 2.00 bits per heavy atom. The lowest BCUT2D eigenvalue weighted by molar-refractivity contribution is 0.149. The van der Waals surface area contributed by atoms with Gasteiger partial charge in [0.05, 0.1) is 6.10 Å². The van der Waals surface area contributed by atoms with Gasteiger partial charge < -0.3 is 20.9 Å². The fraction of sp³-hybridized carbons (Fsp3) is 0.533. The fourth-order valence-corrected chi connectivity index (χ4v) is 1.93. The number of benzene rings is 1. The predicted molar refractivity (Wildman–Crippen MR) is 78.3 cm³/mol. The van der Waals surface area contributed by atoms with Crippen molar-refractivity contribution in [1.82, 2.24) is 5.32 Å². The van der Waals surface area contributed by atoms with Crippen LogP contribution in [0.3, 0.4) is 0 Å². The number of hydrogen-bond donors (Lipinski definition) is 3. The van der Waals surface area contributed by atoms with Crippen molar-refractivity contribution in [1.29, 1.82) is 0 Å². The maximum absolute atomic E-state index is 10.3. The van der Waals surface area contributed by atoms with Crippen LogP contribution >= 0.6 is 0 Å². The van der Waals surface area contributed by atoms with Gasteiger partial charge in [0.15, 0.2) is 0 Å². The minimum absolute atomic E-state index is 0.204. The highest BCUT2D eigenvalue weighted by Gasteiger charge is 2.07. The zero-order chi connectivity index (χ0) is 15.0. The van der Waals surface area contributed by atoms with Crippen molar-refractivity contribution >= 4 is 6.09 Å².